The number of guanidine groups is 1. The van der Waals surface area contributed by atoms with Gasteiger partial charge < -0.3 is 15.5 Å². The zero-order valence-corrected chi connectivity index (χ0v) is 18.3. The van der Waals surface area contributed by atoms with Crippen molar-refractivity contribution in [2.24, 2.45) is 10.9 Å². The Kier molecular flexibility index (Phi) is 10.2. The highest BCUT2D eigenvalue weighted by molar-refractivity contribution is 14.0. The van der Waals surface area contributed by atoms with Crippen LogP contribution in [0.15, 0.2) is 10.4 Å². The number of rotatable bonds is 6. The molecular formula is C16H27F3IN5S. The Balaban J connectivity index is 0.00000338. The fraction of sp³-hybridized carbons (Fsp3) is 0.750. The van der Waals surface area contributed by atoms with Crippen LogP contribution >= 0.6 is 35.3 Å². The molecule has 150 valence electrons. The molecule has 26 heavy (non-hydrogen) atoms. The van der Waals surface area contributed by atoms with Gasteiger partial charge in [-0.1, -0.05) is 6.92 Å². The molecule has 1 fully saturated rings. The van der Waals surface area contributed by atoms with Gasteiger partial charge in [0.25, 0.3) is 0 Å². The predicted octanol–water partition coefficient (Wildman–Crippen LogP) is 3.57. The molecule has 1 saturated heterocycles. The maximum atomic E-state index is 12.6. The summed E-state index contributed by atoms with van der Waals surface area (Å²) in [7, 11) is 0. The Morgan fingerprint density at radius 2 is 2.19 bits per heavy atom. The zero-order valence-electron chi connectivity index (χ0n) is 15.1. The minimum Gasteiger partial charge on any atom is -0.357 e. The third kappa shape index (κ3) is 7.95. The lowest BCUT2D eigenvalue weighted by Crippen LogP contribution is -2.43. The second kappa shape index (κ2) is 11.3. The van der Waals surface area contributed by atoms with Crippen molar-refractivity contribution in [1.82, 2.24) is 20.5 Å². The average molecular weight is 505 g/mol. The second-order valence-electron chi connectivity index (χ2n) is 6.29. The van der Waals surface area contributed by atoms with E-state index in [9.17, 15) is 13.2 Å². The first-order valence-electron chi connectivity index (χ1n) is 8.64. The van der Waals surface area contributed by atoms with Crippen LogP contribution in [0.3, 0.4) is 0 Å². The number of nitrogens with zero attached hydrogens (tertiary/aromatic N) is 3. The van der Waals surface area contributed by atoms with Crippen molar-refractivity contribution in [3.8, 4) is 0 Å². The normalized spacial score (nSPS) is 19.1. The van der Waals surface area contributed by atoms with Gasteiger partial charge in [0.15, 0.2) is 11.7 Å². The largest absolute Gasteiger partial charge is 0.434 e. The highest BCUT2D eigenvalue weighted by Crippen LogP contribution is 2.30. The van der Waals surface area contributed by atoms with Crippen LogP contribution < -0.4 is 10.6 Å². The number of nitrogens with one attached hydrogen (secondary N) is 2. The number of hydrogen-bond donors (Lipinski definition) is 2. The van der Waals surface area contributed by atoms with E-state index in [1.54, 1.807) is 0 Å². The topological polar surface area (TPSA) is 52.6 Å². The molecule has 1 aliphatic rings. The molecule has 1 aromatic heterocycles. The number of aromatic nitrogens is 1. The molecule has 2 N–H and O–H groups in total. The summed E-state index contributed by atoms with van der Waals surface area (Å²) in [5, 5.41) is 7.74. The molecule has 0 spiro atoms. The van der Waals surface area contributed by atoms with E-state index in [2.05, 4.69) is 32.4 Å². The van der Waals surface area contributed by atoms with Gasteiger partial charge in [-0.3, -0.25) is 0 Å². The lowest BCUT2D eigenvalue weighted by molar-refractivity contribution is -0.140. The van der Waals surface area contributed by atoms with Gasteiger partial charge in [-0.15, -0.1) is 35.3 Å². The monoisotopic (exact) mass is 505 g/mol. The van der Waals surface area contributed by atoms with E-state index >= 15 is 0 Å². The number of alkyl halides is 3. The molecule has 2 heterocycles. The Hall–Kier alpha value is -0.620. The first kappa shape index (κ1) is 23.4. The minimum absolute atomic E-state index is 0. The highest BCUT2D eigenvalue weighted by atomic mass is 127. The average Bonchev–Trinajstić information content (AvgIpc) is 3.02. The van der Waals surface area contributed by atoms with Crippen LogP contribution in [0.25, 0.3) is 0 Å². The number of likely N-dealkylation sites (tertiary alicyclic amines) is 1. The third-order valence-corrected chi connectivity index (χ3v) is 4.85. The summed E-state index contributed by atoms with van der Waals surface area (Å²) in [6.07, 6.45) is -1.87. The number of hydrogen-bond acceptors (Lipinski definition) is 4. The smallest absolute Gasteiger partial charge is 0.357 e. The van der Waals surface area contributed by atoms with E-state index in [0.717, 1.165) is 48.8 Å². The van der Waals surface area contributed by atoms with Crippen molar-refractivity contribution in [3.63, 3.8) is 0 Å². The first-order valence-corrected chi connectivity index (χ1v) is 9.52. The molecule has 5 nitrogen and oxygen atoms in total. The van der Waals surface area contributed by atoms with Crippen LogP contribution in [-0.2, 0) is 12.7 Å². The van der Waals surface area contributed by atoms with Gasteiger partial charge in [-0.05, 0) is 32.2 Å². The van der Waals surface area contributed by atoms with E-state index in [0.29, 0.717) is 17.5 Å². The predicted molar refractivity (Wildman–Crippen MR) is 110 cm³/mol. The molecule has 0 aromatic carbocycles. The Labute approximate surface area is 173 Å². The third-order valence-electron chi connectivity index (χ3n) is 4.02. The summed E-state index contributed by atoms with van der Waals surface area (Å²) in [4.78, 5) is 10.4. The molecule has 0 saturated carbocycles. The summed E-state index contributed by atoms with van der Waals surface area (Å²) in [6.45, 7) is 8.99. The molecule has 1 aromatic rings. The number of aliphatic imine (C=N–C) groups is 1. The van der Waals surface area contributed by atoms with Crippen molar-refractivity contribution < 1.29 is 13.2 Å². The van der Waals surface area contributed by atoms with Gasteiger partial charge in [0, 0.05) is 31.6 Å². The summed E-state index contributed by atoms with van der Waals surface area (Å²) in [6, 6.07) is 0. The van der Waals surface area contributed by atoms with Crippen LogP contribution in [0.1, 0.15) is 37.4 Å². The molecule has 0 radical (unpaired) electrons. The standard InChI is InChI=1S/C16H26F3N5S.HI/c1-3-20-15(21-6-8-24-7-4-5-12(2)10-24)22-9-14-23-13(11-25-14)16(17,18)19;/h11-12H,3-10H2,1-2H3,(H2,20,21,22);1H. The van der Waals surface area contributed by atoms with Crippen molar-refractivity contribution in [3.05, 3.63) is 16.1 Å². The number of halogens is 4. The second-order valence-corrected chi connectivity index (χ2v) is 7.24. The van der Waals surface area contributed by atoms with Crippen molar-refractivity contribution in [1.29, 1.82) is 0 Å². The Morgan fingerprint density at radius 3 is 2.81 bits per heavy atom. The van der Waals surface area contributed by atoms with Gasteiger partial charge in [-0.2, -0.15) is 13.2 Å². The molecule has 0 amide bonds. The quantitative estimate of drug-likeness (QED) is 0.353. The highest BCUT2D eigenvalue weighted by Gasteiger charge is 2.33. The van der Waals surface area contributed by atoms with Crippen LogP contribution in [0, 0.1) is 5.92 Å². The van der Waals surface area contributed by atoms with Gasteiger partial charge in [0.2, 0.25) is 0 Å². The number of thiazole rings is 1. The summed E-state index contributed by atoms with van der Waals surface area (Å²) in [5.41, 5.74) is -0.847. The molecule has 2 rings (SSSR count). The Morgan fingerprint density at radius 1 is 1.42 bits per heavy atom. The van der Waals surface area contributed by atoms with Crippen molar-refractivity contribution >= 4 is 41.3 Å². The van der Waals surface area contributed by atoms with Gasteiger partial charge in [0.05, 0.1) is 6.54 Å². The van der Waals surface area contributed by atoms with E-state index < -0.39 is 11.9 Å². The summed E-state index contributed by atoms with van der Waals surface area (Å²) >= 11 is 0.981. The molecule has 10 heteroatoms. The van der Waals surface area contributed by atoms with Gasteiger partial charge in [0.1, 0.15) is 5.01 Å². The van der Waals surface area contributed by atoms with E-state index in [1.807, 2.05) is 6.92 Å². The van der Waals surface area contributed by atoms with Crippen LogP contribution in [0.2, 0.25) is 0 Å². The van der Waals surface area contributed by atoms with Crippen molar-refractivity contribution in [2.75, 3.05) is 32.7 Å². The van der Waals surface area contributed by atoms with Crippen LogP contribution in [0.5, 0.6) is 0 Å². The summed E-state index contributed by atoms with van der Waals surface area (Å²) in [5.74, 6) is 1.35. The van der Waals surface area contributed by atoms with E-state index in [4.69, 9.17) is 0 Å². The molecule has 0 bridgehead atoms. The van der Waals surface area contributed by atoms with Crippen molar-refractivity contribution in [2.45, 2.75) is 39.4 Å². The SMILES string of the molecule is CCNC(=NCc1nc(C(F)(F)F)cs1)NCCN1CCCC(C)C1.I. The lowest BCUT2D eigenvalue weighted by Gasteiger charge is -2.30. The maximum Gasteiger partial charge on any atom is 0.434 e. The van der Waals surface area contributed by atoms with E-state index in [1.165, 1.54) is 12.8 Å². The van der Waals surface area contributed by atoms with E-state index in [-0.39, 0.29) is 30.5 Å². The zero-order chi connectivity index (χ0) is 18.3. The molecule has 1 aliphatic heterocycles. The Bertz CT molecular complexity index is 564. The fourth-order valence-electron chi connectivity index (χ4n) is 2.82. The molecular weight excluding hydrogens is 478 g/mol. The fourth-order valence-corrected chi connectivity index (χ4v) is 3.55. The number of piperidine rings is 1. The van der Waals surface area contributed by atoms with Crippen LogP contribution in [-0.4, -0.2) is 48.6 Å². The van der Waals surface area contributed by atoms with Crippen LogP contribution in [0.4, 0.5) is 13.2 Å². The summed E-state index contributed by atoms with van der Waals surface area (Å²) < 4.78 is 37.7. The first-order chi connectivity index (χ1) is 11.9. The minimum atomic E-state index is -4.40. The molecule has 1 atom stereocenters. The van der Waals surface area contributed by atoms with Gasteiger partial charge >= 0.3 is 6.18 Å². The van der Waals surface area contributed by atoms with Gasteiger partial charge in [-0.25, -0.2) is 9.98 Å². The molecule has 0 aliphatic carbocycles. The molecule has 1 unspecified atom stereocenters. The maximum absolute atomic E-state index is 12.6. The lowest BCUT2D eigenvalue weighted by atomic mass is 10.0.